The van der Waals surface area contributed by atoms with Crippen LogP contribution in [0.4, 0.5) is 0 Å². The summed E-state index contributed by atoms with van der Waals surface area (Å²) >= 11 is 0. The lowest BCUT2D eigenvalue weighted by Gasteiger charge is -2.14. The largest absolute Gasteiger partial charge is 0.493 e. The van der Waals surface area contributed by atoms with Gasteiger partial charge in [-0.3, -0.25) is 0 Å². The molecule has 0 fully saturated rings. The van der Waals surface area contributed by atoms with Crippen LogP contribution in [0.15, 0.2) is 18.2 Å². The van der Waals surface area contributed by atoms with E-state index in [1.54, 1.807) is 7.11 Å². The first-order valence-corrected chi connectivity index (χ1v) is 5.99. The minimum atomic E-state index is -0.159. The number of methoxy groups -OCH3 is 1. The maximum atomic E-state index is 5.87. The Morgan fingerprint density at radius 2 is 2.06 bits per heavy atom. The summed E-state index contributed by atoms with van der Waals surface area (Å²) in [5.41, 5.74) is 12.4. The molecule has 17 heavy (non-hydrogen) atoms. The third kappa shape index (κ3) is 3.91. The van der Waals surface area contributed by atoms with E-state index in [9.17, 15) is 0 Å². The summed E-state index contributed by atoms with van der Waals surface area (Å²) in [6.07, 6.45) is 2.14. The maximum absolute atomic E-state index is 5.87. The van der Waals surface area contributed by atoms with Gasteiger partial charge in [-0.05, 0) is 24.1 Å². The summed E-state index contributed by atoms with van der Waals surface area (Å²) in [6.45, 7) is 3.25. The van der Waals surface area contributed by atoms with E-state index in [2.05, 4.69) is 6.92 Å². The molecule has 1 aromatic carbocycles. The van der Waals surface area contributed by atoms with Crippen LogP contribution in [0.3, 0.4) is 0 Å². The number of benzene rings is 1. The average molecular weight is 238 g/mol. The lowest BCUT2D eigenvalue weighted by Crippen LogP contribution is -2.20. The Labute approximate surface area is 103 Å². The lowest BCUT2D eigenvalue weighted by atomic mass is 10.1. The zero-order chi connectivity index (χ0) is 12.7. The second-order valence-electron chi connectivity index (χ2n) is 3.95. The molecule has 0 aliphatic rings. The molecule has 1 aromatic rings. The Morgan fingerprint density at radius 1 is 1.29 bits per heavy atom. The van der Waals surface area contributed by atoms with Crippen LogP contribution in [0.2, 0.25) is 0 Å². The Hall–Kier alpha value is -1.26. The van der Waals surface area contributed by atoms with Gasteiger partial charge in [0.05, 0.1) is 13.7 Å². The summed E-state index contributed by atoms with van der Waals surface area (Å²) in [6, 6.07) is 5.55. The smallest absolute Gasteiger partial charge is 0.161 e. The van der Waals surface area contributed by atoms with E-state index in [1.165, 1.54) is 0 Å². The molecule has 0 aromatic heterocycles. The highest BCUT2D eigenvalue weighted by Gasteiger charge is 2.09. The Bertz CT molecular complexity index is 342. The molecule has 0 bridgehead atoms. The van der Waals surface area contributed by atoms with Crippen molar-refractivity contribution in [2.45, 2.75) is 25.8 Å². The van der Waals surface area contributed by atoms with Gasteiger partial charge in [0.1, 0.15) is 0 Å². The molecule has 0 radical (unpaired) electrons. The van der Waals surface area contributed by atoms with E-state index in [-0.39, 0.29) is 6.04 Å². The molecule has 4 N–H and O–H groups in total. The van der Waals surface area contributed by atoms with Crippen molar-refractivity contribution >= 4 is 0 Å². The van der Waals surface area contributed by atoms with Crippen molar-refractivity contribution in [2.24, 2.45) is 11.5 Å². The number of nitrogens with two attached hydrogens (primary N) is 2. The molecule has 96 valence electrons. The van der Waals surface area contributed by atoms with Crippen molar-refractivity contribution in [3.63, 3.8) is 0 Å². The van der Waals surface area contributed by atoms with Crippen LogP contribution in [0.25, 0.3) is 0 Å². The van der Waals surface area contributed by atoms with E-state index in [4.69, 9.17) is 20.9 Å². The van der Waals surface area contributed by atoms with E-state index in [0.29, 0.717) is 18.9 Å². The van der Waals surface area contributed by atoms with Crippen LogP contribution in [0.5, 0.6) is 11.5 Å². The highest BCUT2D eigenvalue weighted by atomic mass is 16.5. The second-order valence-corrected chi connectivity index (χ2v) is 3.95. The van der Waals surface area contributed by atoms with Crippen molar-refractivity contribution in [2.75, 3.05) is 20.3 Å². The van der Waals surface area contributed by atoms with Crippen LogP contribution in [-0.2, 0) is 0 Å². The summed E-state index contributed by atoms with van der Waals surface area (Å²) in [5, 5.41) is 0. The zero-order valence-electron chi connectivity index (χ0n) is 10.6. The first-order valence-electron chi connectivity index (χ1n) is 5.99. The fourth-order valence-corrected chi connectivity index (χ4v) is 1.50. The Kier molecular flexibility index (Phi) is 5.80. The predicted octanol–water partition coefficient (Wildman–Crippen LogP) is 1.83. The molecule has 0 spiro atoms. The van der Waals surface area contributed by atoms with E-state index < -0.39 is 0 Å². The van der Waals surface area contributed by atoms with Crippen molar-refractivity contribution in [3.8, 4) is 11.5 Å². The first kappa shape index (κ1) is 13.8. The standard InChI is InChI=1S/C13H22N2O2/c1-3-4-7-17-12-6-5-10(11(15)9-14)8-13(12)16-2/h5-6,8,11H,3-4,7,9,14-15H2,1-2H3/t11-/m1/s1. The van der Waals surface area contributed by atoms with Gasteiger partial charge in [-0.25, -0.2) is 0 Å². The van der Waals surface area contributed by atoms with Crippen molar-refractivity contribution in [3.05, 3.63) is 23.8 Å². The average Bonchev–Trinajstić information content (AvgIpc) is 2.38. The quantitative estimate of drug-likeness (QED) is 0.711. The van der Waals surface area contributed by atoms with Crippen LogP contribution < -0.4 is 20.9 Å². The normalized spacial score (nSPS) is 12.2. The molecule has 1 rings (SSSR count). The van der Waals surface area contributed by atoms with Gasteiger partial charge in [0.25, 0.3) is 0 Å². The molecule has 0 aliphatic heterocycles. The number of rotatable bonds is 7. The number of ether oxygens (including phenoxy) is 2. The highest BCUT2D eigenvalue weighted by Crippen LogP contribution is 2.29. The number of unbranched alkanes of at least 4 members (excludes halogenated alkanes) is 1. The Balaban J connectivity index is 2.78. The van der Waals surface area contributed by atoms with Crippen molar-refractivity contribution in [1.29, 1.82) is 0 Å². The summed E-state index contributed by atoms with van der Waals surface area (Å²) in [4.78, 5) is 0. The van der Waals surface area contributed by atoms with Gasteiger partial charge in [0.2, 0.25) is 0 Å². The molecule has 0 heterocycles. The number of hydrogen-bond acceptors (Lipinski definition) is 4. The molecule has 0 saturated heterocycles. The molecule has 0 saturated carbocycles. The molecule has 0 aliphatic carbocycles. The number of hydrogen-bond donors (Lipinski definition) is 2. The van der Waals surface area contributed by atoms with Crippen LogP contribution in [0.1, 0.15) is 31.4 Å². The zero-order valence-corrected chi connectivity index (χ0v) is 10.6. The van der Waals surface area contributed by atoms with Gasteiger partial charge < -0.3 is 20.9 Å². The summed E-state index contributed by atoms with van der Waals surface area (Å²) in [5.74, 6) is 1.47. The van der Waals surface area contributed by atoms with Gasteiger partial charge >= 0.3 is 0 Å². The van der Waals surface area contributed by atoms with Gasteiger partial charge in [0, 0.05) is 12.6 Å². The van der Waals surface area contributed by atoms with Gasteiger partial charge in [-0.2, -0.15) is 0 Å². The lowest BCUT2D eigenvalue weighted by molar-refractivity contribution is 0.288. The minimum Gasteiger partial charge on any atom is -0.493 e. The third-order valence-corrected chi connectivity index (χ3v) is 2.63. The third-order valence-electron chi connectivity index (χ3n) is 2.63. The van der Waals surface area contributed by atoms with Gasteiger partial charge in [-0.1, -0.05) is 19.4 Å². The van der Waals surface area contributed by atoms with Crippen LogP contribution in [0, 0.1) is 0 Å². The van der Waals surface area contributed by atoms with Crippen LogP contribution >= 0.6 is 0 Å². The molecule has 4 heteroatoms. The van der Waals surface area contributed by atoms with Crippen molar-refractivity contribution in [1.82, 2.24) is 0 Å². The van der Waals surface area contributed by atoms with Crippen LogP contribution in [-0.4, -0.2) is 20.3 Å². The monoisotopic (exact) mass is 238 g/mol. The fourth-order valence-electron chi connectivity index (χ4n) is 1.50. The van der Waals surface area contributed by atoms with Gasteiger partial charge in [-0.15, -0.1) is 0 Å². The van der Waals surface area contributed by atoms with E-state index >= 15 is 0 Å². The summed E-state index contributed by atoms with van der Waals surface area (Å²) < 4.78 is 10.9. The molecule has 1 atom stereocenters. The molecule has 0 unspecified atom stereocenters. The minimum absolute atomic E-state index is 0.159. The predicted molar refractivity (Wildman–Crippen MR) is 69.4 cm³/mol. The molecule has 4 nitrogen and oxygen atoms in total. The maximum Gasteiger partial charge on any atom is 0.161 e. The fraction of sp³-hybridized carbons (Fsp3) is 0.538. The molecular formula is C13H22N2O2. The van der Waals surface area contributed by atoms with Gasteiger partial charge in [0.15, 0.2) is 11.5 Å². The second kappa shape index (κ2) is 7.14. The Morgan fingerprint density at radius 3 is 2.65 bits per heavy atom. The SMILES string of the molecule is CCCCOc1ccc([C@H](N)CN)cc1OC. The van der Waals surface area contributed by atoms with Crippen molar-refractivity contribution < 1.29 is 9.47 Å². The van der Waals surface area contributed by atoms with E-state index in [1.807, 2.05) is 18.2 Å². The first-order chi connectivity index (χ1) is 8.22. The topological polar surface area (TPSA) is 70.5 Å². The molecular weight excluding hydrogens is 216 g/mol. The summed E-state index contributed by atoms with van der Waals surface area (Å²) in [7, 11) is 1.62. The van der Waals surface area contributed by atoms with E-state index in [0.717, 1.165) is 24.2 Å². The highest BCUT2D eigenvalue weighted by molar-refractivity contribution is 5.43. The molecule has 0 amide bonds.